The molecule has 5 heteroatoms. The number of benzene rings is 1. The van der Waals surface area contributed by atoms with E-state index in [1.807, 2.05) is 0 Å². The van der Waals surface area contributed by atoms with Crippen LogP contribution >= 0.6 is 15.9 Å². The molecule has 0 aliphatic heterocycles. The highest BCUT2D eigenvalue weighted by atomic mass is 79.9. The van der Waals surface area contributed by atoms with Gasteiger partial charge in [-0.3, -0.25) is 9.36 Å². The highest BCUT2D eigenvalue weighted by Crippen LogP contribution is 2.20. The van der Waals surface area contributed by atoms with Crippen LogP contribution in [0.3, 0.4) is 0 Å². The van der Waals surface area contributed by atoms with Gasteiger partial charge in [-0.05, 0) is 27.6 Å². The normalized spacial score (nSPS) is 10.4. The van der Waals surface area contributed by atoms with Crippen LogP contribution in [0.5, 0.6) is 0 Å². The Kier molecular flexibility index (Phi) is 3.14. The molecule has 0 fully saturated rings. The summed E-state index contributed by atoms with van der Waals surface area (Å²) in [6, 6.07) is 6.09. The number of hydrogen-bond donors (Lipinski definition) is 0. The van der Waals surface area contributed by atoms with Crippen molar-refractivity contribution in [2.45, 2.75) is 6.54 Å². The largest absolute Gasteiger partial charge is 0.295 e. The Hall–Kier alpha value is -1.49. The van der Waals surface area contributed by atoms with E-state index in [9.17, 15) is 9.18 Å². The number of aromatic nitrogens is 2. The van der Waals surface area contributed by atoms with Crippen LogP contribution in [-0.2, 0) is 6.54 Å². The van der Waals surface area contributed by atoms with Crippen molar-refractivity contribution < 1.29 is 4.39 Å². The molecule has 0 radical (unpaired) electrons. The van der Waals surface area contributed by atoms with Crippen LogP contribution in [0.25, 0.3) is 0 Å². The molecule has 1 heterocycles. The number of hydrogen-bond acceptors (Lipinski definition) is 2. The van der Waals surface area contributed by atoms with Crippen molar-refractivity contribution >= 4 is 15.9 Å². The molecule has 3 nitrogen and oxygen atoms in total. The third-order valence-corrected chi connectivity index (χ3v) is 3.05. The van der Waals surface area contributed by atoms with Gasteiger partial charge >= 0.3 is 0 Å². The molecular formula is C11H8BrFN2O. The SMILES string of the molecule is O=c1ccncn1Cc1cccc(F)c1Br. The van der Waals surface area contributed by atoms with Gasteiger partial charge in [-0.1, -0.05) is 12.1 Å². The summed E-state index contributed by atoms with van der Waals surface area (Å²) in [5.41, 5.74) is 0.543. The fraction of sp³-hybridized carbons (Fsp3) is 0.0909. The minimum atomic E-state index is -0.338. The highest BCUT2D eigenvalue weighted by Gasteiger charge is 2.06. The Morgan fingerprint density at radius 2 is 2.19 bits per heavy atom. The average molecular weight is 283 g/mol. The molecule has 0 unspecified atom stereocenters. The zero-order valence-electron chi connectivity index (χ0n) is 8.23. The number of rotatable bonds is 2. The molecule has 0 N–H and O–H groups in total. The Morgan fingerprint density at radius 1 is 1.38 bits per heavy atom. The second-order valence-electron chi connectivity index (χ2n) is 3.26. The average Bonchev–Trinajstić information content (AvgIpc) is 2.28. The van der Waals surface area contributed by atoms with Crippen LogP contribution < -0.4 is 5.56 Å². The molecule has 1 aromatic heterocycles. The Labute approximate surface area is 99.7 Å². The number of halogens is 2. The summed E-state index contributed by atoms with van der Waals surface area (Å²) in [7, 11) is 0. The van der Waals surface area contributed by atoms with Gasteiger partial charge in [0.15, 0.2) is 0 Å². The van der Waals surface area contributed by atoms with Gasteiger partial charge in [0.05, 0.1) is 17.3 Å². The molecule has 2 rings (SSSR count). The molecule has 0 bridgehead atoms. The predicted octanol–water partition coefficient (Wildman–Crippen LogP) is 2.19. The molecule has 0 amide bonds. The van der Waals surface area contributed by atoms with Crippen LogP contribution in [0.2, 0.25) is 0 Å². The van der Waals surface area contributed by atoms with Crippen molar-refractivity contribution in [2.75, 3.05) is 0 Å². The Morgan fingerprint density at radius 3 is 2.94 bits per heavy atom. The van der Waals surface area contributed by atoms with Gasteiger partial charge in [0.25, 0.3) is 5.56 Å². The van der Waals surface area contributed by atoms with E-state index < -0.39 is 0 Å². The predicted molar refractivity (Wildman–Crippen MR) is 61.7 cm³/mol. The lowest BCUT2D eigenvalue weighted by molar-refractivity contribution is 0.614. The molecule has 0 saturated heterocycles. The van der Waals surface area contributed by atoms with Crippen molar-refractivity contribution in [3.63, 3.8) is 0 Å². The quantitative estimate of drug-likeness (QED) is 0.846. The molecule has 2 aromatic rings. The lowest BCUT2D eigenvalue weighted by Gasteiger charge is -2.07. The smallest absolute Gasteiger partial charge is 0.253 e. The van der Waals surface area contributed by atoms with Crippen molar-refractivity contribution in [3.05, 3.63) is 63.0 Å². The van der Waals surface area contributed by atoms with Gasteiger partial charge in [0.1, 0.15) is 5.82 Å². The zero-order valence-corrected chi connectivity index (χ0v) is 9.82. The van der Waals surface area contributed by atoms with Crippen molar-refractivity contribution in [1.29, 1.82) is 0 Å². The summed E-state index contributed by atoms with van der Waals surface area (Å²) in [5.74, 6) is -0.338. The van der Waals surface area contributed by atoms with Crippen LogP contribution in [-0.4, -0.2) is 9.55 Å². The summed E-state index contributed by atoms with van der Waals surface area (Å²) in [6.45, 7) is 0.297. The van der Waals surface area contributed by atoms with E-state index in [4.69, 9.17) is 0 Å². The Bertz CT molecular complexity index is 568. The summed E-state index contributed by atoms with van der Waals surface area (Å²) in [6.07, 6.45) is 2.86. The fourth-order valence-electron chi connectivity index (χ4n) is 1.35. The van der Waals surface area contributed by atoms with Crippen molar-refractivity contribution in [2.24, 2.45) is 0 Å². The van der Waals surface area contributed by atoms with Crippen LogP contribution in [0.15, 0.2) is 46.1 Å². The fourth-order valence-corrected chi connectivity index (χ4v) is 1.74. The second-order valence-corrected chi connectivity index (χ2v) is 4.05. The van der Waals surface area contributed by atoms with Gasteiger partial charge in [-0.2, -0.15) is 0 Å². The van der Waals surface area contributed by atoms with E-state index in [0.717, 1.165) is 0 Å². The highest BCUT2D eigenvalue weighted by molar-refractivity contribution is 9.10. The van der Waals surface area contributed by atoms with Crippen molar-refractivity contribution in [3.8, 4) is 0 Å². The standard InChI is InChI=1S/C11H8BrFN2O/c12-11-8(2-1-3-9(11)13)6-15-7-14-5-4-10(15)16/h1-5,7H,6H2. The molecule has 1 aromatic carbocycles. The van der Waals surface area contributed by atoms with E-state index in [0.29, 0.717) is 16.6 Å². The first-order chi connectivity index (χ1) is 7.68. The second kappa shape index (κ2) is 4.57. The summed E-state index contributed by atoms with van der Waals surface area (Å²) < 4.78 is 15.0. The molecule has 0 saturated carbocycles. The van der Waals surface area contributed by atoms with Gasteiger partial charge < -0.3 is 0 Å². The third-order valence-electron chi connectivity index (χ3n) is 2.16. The van der Waals surface area contributed by atoms with Crippen molar-refractivity contribution in [1.82, 2.24) is 9.55 Å². The van der Waals surface area contributed by atoms with E-state index >= 15 is 0 Å². The minimum absolute atomic E-state index is 0.161. The van der Waals surface area contributed by atoms with E-state index in [1.165, 1.54) is 29.2 Å². The maximum atomic E-state index is 13.2. The monoisotopic (exact) mass is 282 g/mol. The third kappa shape index (κ3) is 2.19. The first kappa shape index (κ1) is 11.0. The molecular weight excluding hydrogens is 275 g/mol. The number of nitrogens with zero attached hydrogens (tertiary/aromatic N) is 2. The van der Waals surface area contributed by atoms with Gasteiger partial charge in [-0.25, -0.2) is 9.37 Å². The first-order valence-corrected chi connectivity index (χ1v) is 5.41. The van der Waals surface area contributed by atoms with Gasteiger partial charge in [0.2, 0.25) is 0 Å². The molecule has 0 aliphatic rings. The summed E-state index contributed by atoms with van der Waals surface area (Å²) >= 11 is 3.15. The molecule has 0 aliphatic carbocycles. The van der Waals surface area contributed by atoms with E-state index in [2.05, 4.69) is 20.9 Å². The molecule has 16 heavy (non-hydrogen) atoms. The Balaban J connectivity index is 2.38. The molecule has 0 atom stereocenters. The maximum Gasteiger partial charge on any atom is 0.253 e. The first-order valence-electron chi connectivity index (χ1n) is 4.62. The van der Waals surface area contributed by atoms with Crippen LogP contribution in [0, 0.1) is 5.82 Å². The summed E-state index contributed by atoms with van der Waals surface area (Å²) in [4.78, 5) is 15.3. The van der Waals surface area contributed by atoms with E-state index in [-0.39, 0.29) is 11.4 Å². The van der Waals surface area contributed by atoms with Gasteiger partial charge in [-0.15, -0.1) is 0 Å². The van der Waals surface area contributed by atoms with E-state index in [1.54, 1.807) is 12.1 Å². The van der Waals surface area contributed by atoms with Gasteiger partial charge in [0, 0.05) is 12.3 Å². The molecule has 0 spiro atoms. The minimum Gasteiger partial charge on any atom is -0.295 e. The topological polar surface area (TPSA) is 34.9 Å². The summed E-state index contributed by atoms with van der Waals surface area (Å²) in [5, 5.41) is 0. The van der Waals surface area contributed by atoms with Crippen LogP contribution in [0.1, 0.15) is 5.56 Å². The lowest BCUT2D eigenvalue weighted by atomic mass is 10.2. The van der Waals surface area contributed by atoms with Crippen LogP contribution in [0.4, 0.5) is 4.39 Å². The zero-order chi connectivity index (χ0) is 11.5. The lowest BCUT2D eigenvalue weighted by Crippen LogP contribution is -2.19. The molecule has 82 valence electrons. The maximum absolute atomic E-state index is 13.2.